The van der Waals surface area contributed by atoms with Crippen LogP contribution >= 0.6 is 11.6 Å². The number of carbonyl (C=O) groups excluding carboxylic acids is 14. The van der Waals surface area contributed by atoms with Gasteiger partial charge in [-0.05, 0) is 84.5 Å². The molecule has 3 aliphatic heterocycles. The highest BCUT2D eigenvalue weighted by atomic mass is 35.5. The zero-order chi connectivity index (χ0) is 71.4. The molecule has 31 nitrogen and oxygen atoms in total. The number of esters is 1. The van der Waals surface area contributed by atoms with Gasteiger partial charge in [-0.2, -0.15) is 0 Å². The Balaban J connectivity index is 1.89. The molecule has 4 aliphatic rings. The van der Waals surface area contributed by atoms with E-state index in [1.165, 1.54) is 18.0 Å². The van der Waals surface area contributed by atoms with E-state index < -0.39 is 184 Å². The maximum Gasteiger partial charge on any atom is 0.307 e. The van der Waals surface area contributed by atoms with Gasteiger partial charge in [-0.15, -0.1) is 0 Å². The lowest BCUT2D eigenvalue weighted by Crippen LogP contribution is -2.62. The first kappa shape index (κ1) is 79.8. The minimum atomic E-state index is -2.42. The number of Topliss-reactive ketones (excluding diaryl/α,β-unsaturated/α-hetero) is 2. The van der Waals surface area contributed by atoms with E-state index in [1.54, 1.807) is 34.6 Å². The lowest BCUT2D eigenvalue weighted by atomic mass is 9.74. The first-order valence-corrected chi connectivity index (χ1v) is 33.1. The van der Waals surface area contributed by atoms with E-state index in [2.05, 4.69) is 47.9 Å². The van der Waals surface area contributed by atoms with Crippen molar-refractivity contribution in [2.75, 3.05) is 13.2 Å². The van der Waals surface area contributed by atoms with E-state index in [9.17, 15) is 77.6 Å². The Bertz CT molecular complexity index is 2910. The van der Waals surface area contributed by atoms with Crippen LogP contribution in [0.15, 0.2) is 22.4 Å². The van der Waals surface area contributed by atoms with Crippen molar-refractivity contribution >= 4 is 94.1 Å². The topological polar surface area (TPSA) is 482 Å². The summed E-state index contributed by atoms with van der Waals surface area (Å²) in [6.45, 7) is 15.0. The number of hydrogen-bond acceptors (Lipinski definition) is 20. The zero-order valence-corrected chi connectivity index (χ0v) is 56.7. The van der Waals surface area contributed by atoms with Crippen molar-refractivity contribution in [2.45, 2.75) is 262 Å². The molecule has 0 radical (unpaired) electrons. The Labute approximate surface area is 558 Å². The van der Waals surface area contributed by atoms with Crippen molar-refractivity contribution < 1.29 is 91.9 Å². The molecule has 1 aliphatic carbocycles. The van der Waals surface area contributed by atoms with Crippen LogP contribution in [0.5, 0.6) is 0 Å². The molecule has 16 N–H and O–H groups in total. The number of nitrogens with zero attached hydrogens (tertiary/aromatic N) is 1. The summed E-state index contributed by atoms with van der Waals surface area (Å²) in [5, 5.41) is 55.9. The third-order valence-electron chi connectivity index (χ3n) is 16.8. The highest BCUT2D eigenvalue weighted by Gasteiger charge is 2.60. The van der Waals surface area contributed by atoms with Crippen LogP contribution in [0.4, 0.5) is 0 Å². The maximum absolute atomic E-state index is 15.0. The molecule has 2 saturated heterocycles. The average molecular weight is 1360 g/mol. The molecule has 11 amide bonds. The minimum absolute atomic E-state index is 0.0310. The number of primary amides is 2. The summed E-state index contributed by atoms with van der Waals surface area (Å²) in [4.78, 5) is 196. The number of nitrogens with two attached hydrogens (primary N) is 2. The fraction of sp³-hybridized carbons (Fsp3) is 0.714. The highest BCUT2D eigenvalue weighted by molar-refractivity contribution is 6.49. The molecule has 0 saturated carbocycles. The molecule has 32 heteroatoms. The summed E-state index contributed by atoms with van der Waals surface area (Å²) in [7, 11) is 0. The number of fused-ring (bicyclic) bond motifs is 1. The van der Waals surface area contributed by atoms with Gasteiger partial charge in [0.25, 0.3) is 0 Å². The molecule has 14 unspecified atom stereocenters. The summed E-state index contributed by atoms with van der Waals surface area (Å²) >= 11 is 6.67. The zero-order valence-electron chi connectivity index (χ0n) is 55.9. The van der Waals surface area contributed by atoms with Crippen LogP contribution in [-0.4, -0.2) is 200 Å². The summed E-state index contributed by atoms with van der Waals surface area (Å²) in [6.07, 6.45) is -1.28. The number of nitrogens with one attached hydrogen (secondary N) is 9. The average Bonchev–Trinajstić information content (AvgIpc) is 1.65. The van der Waals surface area contributed by atoms with Gasteiger partial charge in [-0.25, -0.2) is 0 Å². The Kier molecular flexibility index (Phi) is 30.7. The van der Waals surface area contributed by atoms with Crippen molar-refractivity contribution in [3.8, 4) is 0 Å². The maximum atomic E-state index is 15.0. The van der Waals surface area contributed by atoms with E-state index in [1.807, 2.05) is 6.92 Å². The van der Waals surface area contributed by atoms with Crippen LogP contribution in [-0.2, 0) is 76.6 Å². The number of amides is 11. The lowest BCUT2D eigenvalue weighted by Gasteiger charge is -2.49. The van der Waals surface area contributed by atoms with Gasteiger partial charge in [0, 0.05) is 43.3 Å². The molecule has 0 aromatic carbocycles. The minimum Gasteiger partial charge on any atom is -0.442 e. The number of unbranched alkanes of at least 4 members (excludes halogenated alkanes) is 5. The summed E-state index contributed by atoms with van der Waals surface area (Å²) in [5.74, 6) is -15.8. The number of ketones is 2. The first-order valence-electron chi connectivity index (χ1n) is 32.7. The molecular weight excluding hydrogens is 1260 g/mol. The van der Waals surface area contributed by atoms with Crippen molar-refractivity contribution in [1.29, 1.82) is 0 Å². The SMILES string of the molecule is CCCCCCCCC1NC(=O)C(CC(C)C)NC(=O)C(C(C)O)NC(=O)C(CC(C)C)NC(=O)C(CC(N)=O)NC(=O)C(CC(N)=O)NC(=O)C(C)NC(=O)C(C(C)O)NC(=O)C(CCCN2C=C3C(=O)C(C)(OC(=O)CCC)C(=O)C(Cl)=C3C(O)C23CCCO3)NC1=O. The number of hydrogen-bond donors (Lipinski definition) is 14. The summed E-state index contributed by atoms with van der Waals surface area (Å²) in [6, 6.07) is -15.3. The molecule has 0 aromatic heterocycles. The quantitative estimate of drug-likeness (QED) is 0.0292. The largest absolute Gasteiger partial charge is 0.442 e. The highest BCUT2D eigenvalue weighted by Crippen LogP contribution is 2.48. The number of carbonyl (C=O) groups is 14. The normalized spacial score (nSPS) is 28.9. The van der Waals surface area contributed by atoms with Crippen LogP contribution in [0.25, 0.3) is 0 Å². The van der Waals surface area contributed by atoms with Gasteiger partial charge in [0.05, 0.1) is 30.1 Å². The second-order valence-electron chi connectivity index (χ2n) is 25.9. The van der Waals surface area contributed by atoms with Crippen LogP contribution in [0.3, 0.4) is 0 Å². The Morgan fingerprint density at radius 1 is 0.600 bits per heavy atom. The Morgan fingerprint density at radius 2 is 1.03 bits per heavy atom. The van der Waals surface area contributed by atoms with Crippen LogP contribution in [0, 0.1) is 11.8 Å². The van der Waals surface area contributed by atoms with Gasteiger partial charge in [0.2, 0.25) is 82.1 Å². The molecule has 3 heterocycles. The van der Waals surface area contributed by atoms with E-state index in [0.29, 0.717) is 25.7 Å². The predicted octanol–water partition coefficient (Wildman–Crippen LogP) is -1.67. The molecule has 4 rings (SSSR count). The van der Waals surface area contributed by atoms with Crippen LogP contribution in [0.2, 0.25) is 0 Å². The van der Waals surface area contributed by atoms with Gasteiger partial charge in [-0.3, -0.25) is 67.1 Å². The lowest BCUT2D eigenvalue weighted by molar-refractivity contribution is -0.174. The predicted molar refractivity (Wildman–Crippen MR) is 341 cm³/mol. The van der Waals surface area contributed by atoms with Gasteiger partial charge in [-0.1, -0.05) is 91.7 Å². The van der Waals surface area contributed by atoms with Gasteiger partial charge in [0.15, 0.2) is 5.72 Å². The fourth-order valence-electron chi connectivity index (χ4n) is 11.6. The second kappa shape index (κ2) is 36.5. The molecule has 0 aromatic rings. The molecule has 95 heavy (non-hydrogen) atoms. The van der Waals surface area contributed by atoms with E-state index in [0.717, 1.165) is 46.5 Å². The molecule has 14 atom stereocenters. The van der Waals surface area contributed by atoms with E-state index in [-0.39, 0.29) is 81.1 Å². The molecule has 1 spiro atoms. The van der Waals surface area contributed by atoms with Crippen molar-refractivity contribution in [2.24, 2.45) is 23.3 Å². The van der Waals surface area contributed by atoms with Gasteiger partial charge in [0.1, 0.15) is 60.5 Å². The van der Waals surface area contributed by atoms with Crippen molar-refractivity contribution in [3.63, 3.8) is 0 Å². The number of halogens is 1. The molecule has 532 valence electrons. The number of aliphatic hydroxyl groups excluding tert-OH is 3. The number of aliphatic hydroxyl groups is 3. The molecular formula is C63H99ClN12O19. The molecule has 0 bridgehead atoms. The third kappa shape index (κ3) is 22.0. The smallest absolute Gasteiger partial charge is 0.307 e. The number of ether oxygens (including phenoxy) is 2. The van der Waals surface area contributed by atoms with E-state index >= 15 is 4.79 Å². The Hall–Kier alpha value is -7.61. The summed E-state index contributed by atoms with van der Waals surface area (Å²) in [5.41, 5.74) is 6.34. The second-order valence-corrected chi connectivity index (χ2v) is 26.3. The first-order chi connectivity index (χ1) is 44.5. The van der Waals surface area contributed by atoms with Crippen molar-refractivity contribution in [1.82, 2.24) is 52.8 Å². The molecule has 2 fully saturated rings. The number of rotatable bonds is 24. The van der Waals surface area contributed by atoms with E-state index in [4.69, 9.17) is 32.5 Å². The van der Waals surface area contributed by atoms with Crippen molar-refractivity contribution in [3.05, 3.63) is 22.4 Å². The fourth-order valence-corrected chi connectivity index (χ4v) is 12.0. The Morgan fingerprint density at radius 3 is 1.52 bits per heavy atom. The third-order valence-corrected chi connectivity index (χ3v) is 17.1. The van der Waals surface area contributed by atoms with Gasteiger partial charge >= 0.3 is 5.97 Å². The summed E-state index contributed by atoms with van der Waals surface area (Å²) < 4.78 is 11.7. The van der Waals surface area contributed by atoms with Crippen LogP contribution < -0.4 is 59.3 Å². The monoisotopic (exact) mass is 1360 g/mol. The van der Waals surface area contributed by atoms with Crippen LogP contribution in [0.1, 0.15) is 178 Å². The van der Waals surface area contributed by atoms with Gasteiger partial charge < -0.3 is 89.0 Å². The standard InChI is InChI=1S/C63H99ClN12O19/c1-11-13-14-15-16-17-21-37-54(86)68-38(22-18-24-76-30-36-46(51(83)63(76)23-19-25-94-63)47(64)52(84)62(10,50(36)82)95-45(81)20-12-2)55(87)74-48(34(8)77)60(92)67-33(7)53(85)70-41(28-43(65)79)57(89)72-42(29-44(66)80)58(90)71-40(27-32(5)6)59(91)75-49(35(9)78)61(93)73-39(26-31(3)4)56(88)69-37/h30-35,37-42,48-49,51,77-78,83H,11-29H2,1-10H3,(H2,65,79)(H2,66,80)(H,67,92)(H,68,86)(H,69,88)(H,70,85)(H,71,90)(H,72,89)(H,73,93)(H,74,87)(H,75,91).